The second-order valence-electron chi connectivity index (χ2n) is 5.48. The Kier molecular flexibility index (Phi) is 3.03. The molecular formula is C15H20N4. The van der Waals surface area contributed by atoms with Crippen LogP contribution in [0.25, 0.3) is 0 Å². The highest BCUT2D eigenvalue weighted by Crippen LogP contribution is 2.30. The Morgan fingerprint density at radius 3 is 2.63 bits per heavy atom. The van der Waals surface area contributed by atoms with Crippen LogP contribution in [-0.4, -0.2) is 14.7 Å². The zero-order chi connectivity index (χ0) is 13.4. The number of nitrogens with two attached hydrogens (primary N) is 1. The van der Waals surface area contributed by atoms with Gasteiger partial charge in [-0.05, 0) is 19.4 Å². The molecule has 4 heteroatoms. The SMILES string of the molecule is CC(C)n1nc(N)c2c1CN(Cc1ccccc1)C2. The van der Waals surface area contributed by atoms with Crippen molar-refractivity contribution in [1.29, 1.82) is 0 Å². The molecule has 1 aromatic carbocycles. The summed E-state index contributed by atoms with van der Waals surface area (Å²) in [5.41, 5.74) is 9.86. The Labute approximate surface area is 113 Å². The van der Waals surface area contributed by atoms with Crippen LogP contribution in [-0.2, 0) is 19.6 Å². The van der Waals surface area contributed by atoms with E-state index in [1.165, 1.54) is 16.8 Å². The van der Waals surface area contributed by atoms with Gasteiger partial charge in [0.25, 0.3) is 0 Å². The number of nitrogen functional groups attached to an aromatic ring is 1. The molecule has 100 valence electrons. The van der Waals surface area contributed by atoms with Crippen molar-refractivity contribution in [1.82, 2.24) is 14.7 Å². The Morgan fingerprint density at radius 2 is 1.95 bits per heavy atom. The van der Waals surface area contributed by atoms with Gasteiger partial charge in [0.1, 0.15) is 5.82 Å². The first-order chi connectivity index (χ1) is 9.15. The summed E-state index contributed by atoms with van der Waals surface area (Å²) in [5.74, 6) is 0.694. The van der Waals surface area contributed by atoms with E-state index in [-0.39, 0.29) is 0 Å². The smallest absolute Gasteiger partial charge is 0.150 e. The monoisotopic (exact) mass is 256 g/mol. The summed E-state index contributed by atoms with van der Waals surface area (Å²) in [7, 11) is 0. The molecule has 3 rings (SSSR count). The van der Waals surface area contributed by atoms with Crippen molar-refractivity contribution in [2.24, 2.45) is 0 Å². The summed E-state index contributed by atoms with van der Waals surface area (Å²) < 4.78 is 2.07. The quantitative estimate of drug-likeness (QED) is 0.918. The number of fused-ring (bicyclic) bond motifs is 1. The highest BCUT2D eigenvalue weighted by atomic mass is 15.4. The summed E-state index contributed by atoms with van der Waals surface area (Å²) in [5, 5.41) is 4.44. The van der Waals surface area contributed by atoms with Crippen molar-refractivity contribution < 1.29 is 0 Å². The van der Waals surface area contributed by atoms with E-state index >= 15 is 0 Å². The molecule has 2 aromatic rings. The van der Waals surface area contributed by atoms with E-state index in [1.54, 1.807) is 0 Å². The molecule has 1 aliphatic heterocycles. The highest BCUT2D eigenvalue weighted by molar-refractivity contribution is 5.45. The van der Waals surface area contributed by atoms with E-state index in [9.17, 15) is 0 Å². The van der Waals surface area contributed by atoms with Crippen LogP contribution in [0.4, 0.5) is 5.82 Å². The number of rotatable bonds is 3. The fourth-order valence-electron chi connectivity index (χ4n) is 2.73. The topological polar surface area (TPSA) is 47.1 Å². The number of benzene rings is 1. The van der Waals surface area contributed by atoms with Gasteiger partial charge >= 0.3 is 0 Å². The molecule has 0 spiro atoms. The molecule has 19 heavy (non-hydrogen) atoms. The van der Waals surface area contributed by atoms with Crippen LogP contribution < -0.4 is 5.73 Å². The van der Waals surface area contributed by atoms with Crippen molar-refractivity contribution in [3.05, 3.63) is 47.2 Å². The van der Waals surface area contributed by atoms with E-state index in [4.69, 9.17) is 5.73 Å². The third kappa shape index (κ3) is 2.24. The molecule has 0 atom stereocenters. The molecule has 0 unspecified atom stereocenters. The lowest BCUT2D eigenvalue weighted by molar-refractivity contribution is 0.267. The van der Waals surface area contributed by atoms with Crippen molar-refractivity contribution in [3.8, 4) is 0 Å². The van der Waals surface area contributed by atoms with Crippen LogP contribution in [0.5, 0.6) is 0 Å². The Bertz CT molecular complexity index is 571. The van der Waals surface area contributed by atoms with E-state index < -0.39 is 0 Å². The predicted molar refractivity (Wildman–Crippen MR) is 76.4 cm³/mol. The highest BCUT2D eigenvalue weighted by Gasteiger charge is 2.27. The third-order valence-electron chi connectivity index (χ3n) is 3.64. The van der Waals surface area contributed by atoms with Crippen LogP contribution in [0, 0.1) is 0 Å². The minimum Gasteiger partial charge on any atom is -0.382 e. The molecule has 0 radical (unpaired) electrons. The second kappa shape index (κ2) is 4.70. The Morgan fingerprint density at radius 1 is 1.21 bits per heavy atom. The lowest BCUT2D eigenvalue weighted by Gasteiger charge is -2.16. The minimum absolute atomic E-state index is 0.364. The maximum absolute atomic E-state index is 6.03. The first kappa shape index (κ1) is 12.2. The predicted octanol–water partition coefficient (Wildman–Crippen LogP) is 2.56. The van der Waals surface area contributed by atoms with Gasteiger partial charge < -0.3 is 5.73 Å². The molecule has 0 saturated heterocycles. The number of hydrogen-bond donors (Lipinski definition) is 1. The van der Waals surface area contributed by atoms with Crippen LogP contribution in [0.2, 0.25) is 0 Å². The number of nitrogens with zero attached hydrogens (tertiary/aromatic N) is 3. The largest absolute Gasteiger partial charge is 0.382 e. The maximum atomic E-state index is 6.03. The number of aromatic nitrogens is 2. The molecule has 0 amide bonds. The fourth-order valence-corrected chi connectivity index (χ4v) is 2.73. The van der Waals surface area contributed by atoms with Crippen molar-refractivity contribution in [2.75, 3.05) is 5.73 Å². The molecule has 4 nitrogen and oxygen atoms in total. The lowest BCUT2D eigenvalue weighted by atomic mass is 10.2. The van der Waals surface area contributed by atoms with Gasteiger partial charge in [-0.2, -0.15) is 5.10 Å². The van der Waals surface area contributed by atoms with Gasteiger partial charge in [-0.1, -0.05) is 30.3 Å². The van der Waals surface area contributed by atoms with Gasteiger partial charge in [0.15, 0.2) is 0 Å². The zero-order valence-corrected chi connectivity index (χ0v) is 11.5. The second-order valence-corrected chi connectivity index (χ2v) is 5.48. The van der Waals surface area contributed by atoms with Crippen molar-refractivity contribution >= 4 is 5.82 Å². The van der Waals surface area contributed by atoms with E-state index in [1.807, 2.05) is 0 Å². The first-order valence-electron chi connectivity index (χ1n) is 6.77. The standard InChI is InChI=1S/C15H20N4/c1-11(2)19-14-10-18(9-13(14)15(16)17-19)8-12-6-4-3-5-7-12/h3-7,11H,8-10H2,1-2H3,(H2,16,17). The summed E-state index contributed by atoms with van der Waals surface area (Å²) in [4.78, 5) is 2.41. The van der Waals surface area contributed by atoms with Crippen molar-refractivity contribution in [3.63, 3.8) is 0 Å². The summed E-state index contributed by atoms with van der Waals surface area (Å²) >= 11 is 0. The normalized spacial score (nSPS) is 15.1. The van der Waals surface area contributed by atoms with Gasteiger partial charge in [-0.15, -0.1) is 0 Å². The van der Waals surface area contributed by atoms with Crippen molar-refractivity contribution in [2.45, 2.75) is 39.5 Å². The molecule has 0 aliphatic carbocycles. The van der Waals surface area contributed by atoms with E-state index in [0.29, 0.717) is 11.9 Å². The molecule has 2 N–H and O–H groups in total. The van der Waals surface area contributed by atoms with Gasteiger partial charge in [-0.25, -0.2) is 0 Å². The fraction of sp³-hybridized carbons (Fsp3) is 0.400. The van der Waals surface area contributed by atoms with Crippen LogP contribution in [0.3, 0.4) is 0 Å². The van der Waals surface area contributed by atoms with Gasteiger partial charge in [0.05, 0.1) is 5.69 Å². The van der Waals surface area contributed by atoms with Crippen LogP contribution >= 0.6 is 0 Å². The molecular weight excluding hydrogens is 236 g/mol. The molecule has 0 saturated carbocycles. The molecule has 1 aromatic heterocycles. The summed E-state index contributed by atoms with van der Waals surface area (Å²) in [6, 6.07) is 10.9. The molecule has 0 bridgehead atoms. The Hall–Kier alpha value is -1.81. The molecule has 2 heterocycles. The molecule has 0 fully saturated rings. The maximum Gasteiger partial charge on any atom is 0.150 e. The number of anilines is 1. The van der Waals surface area contributed by atoms with Gasteiger partial charge in [0.2, 0.25) is 0 Å². The van der Waals surface area contributed by atoms with Gasteiger partial charge in [0, 0.05) is 31.2 Å². The summed E-state index contributed by atoms with van der Waals surface area (Å²) in [6.07, 6.45) is 0. The van der Waals surface area contributed by atoms with Crippen LogP contribution in [0.1, 0.15) is 36.7 Å². The Balaban J connectivity index is 1.79. The van der Waals surface area contributed by atoms with Gasteiger partial charge in [-0.3, -0.25) is 9.58 Å². The minimum atomic E-state index is 0.364. The average molecular weight is 256 g/mol. The third-order valence-corrected chi connectivity index (χ3v) is 3.64. The number of hydrogen-bond acceptors (Lipinski definition) is 3. The average Bonchev–Trinajstić information content (AvgIpc) is 2.91. The lowest BCUT2D eigenvalue weighted by Crippen LogP contribution is -2.18. The van der Waals surface area contributed by atoms with E-state index in [2.05, 4.69) is 58.9 Å². The zero-order valence-electron chi connectivity index (χ0n) is 11.5. The van der Waals surface area contributed by atoms with E-state index in [0.717, 1.165) is 19.6 Å². The summed E-state index contributed by atoms with van der Waals surface area (Å²) in [6.45, 7) is 7.10. The molecule has 1 aliphatic rings. The van der Waals surface area contributed by atoms with Crippen LogP contribution in [0.15, 0.2) is 30.3 Å². The first-order valence-corrected chi connectivity index (χ1v) is 6.77.